The number of rotatable bonds is 3. The van der Waals surface area contributed by atoms with Crippen LogP contribution in [0.25, 0.3) is 0 Å². The van der Waals surface area contributed by atoms with Gasteiger partial charge in [0.05, 0.1) is 0 Å². The molecular weight excluding hydrogens is 314 g/mol. The molecule has 0 aliphatic carbocycles. The van der Waals surface area contributed by atoms with Gasteiger partial charge in [-0.15, -0.1) is 0 Å². The minimum absolute atomic E-state index is 0.0320. The van der Waals surface area contributed by atoms with Crippen LogP contribution in [0.1, 0.15) is 48.2 Å². The molecule has 0 spiro atoms. The van der Waals surface area contributed by atoms with Crippen molar-refractivity contribution in [2.45, 2.75) is 45.6 Å². The van der Waals surface area contributed by atoms with Crippen molar-refractivity contribution in [2.75, 3.05) is 26.2 Å². The molecule has 0 aromatic heterocycles. The minimum Gasteiger partial charge on any atom is -0.354 e. The summed E-state index contributed by atoms with van der Waals surface area (Å²) in [4.78, 5) is 26.9. The molecule has 2 N–H and O–H groups in total. The Labute approximate surface area is 150 Å². The van der Waals surface area contributed by atoms with Gasteiger partial charge in [-0.1, -0.05) is 6.07 Å². The molecule has 1 saturated heterocycles. The van der Waals surface area contributed by atoms with Crippen molar-refractivity contribution in [3.8, 4) is 0 Å². The van der Waals surface area contributed by atoms with E-state index >= 15 is 0 Å². The number of amides is 2. The summed E-state index contributed by atoms with van der Waals surface area (Å²) < 4.78 is 0. The fraction of sp³-hybridized carbons (Fsp3) is 0.600. The van der Waals surface area contributed by atoms with Crippen LogP contribution in [-0.4, -0.2) is 48.9 Å². The molecule has 0 radical (unpaired) electrons. The Kier molecular flexibility index (Phi) is 5.74. The monoisotopic (exact) mass is 343 g/mol. The van der Waals surface area contributed by atoms with E-state index in [0.29, 0.717) is 13.1 Å². The number of piperidine rings is 1. The number of carbonyl (C=O) groups is 2. The maximum Gasteiger partial charge on any atom is 0.253 e. The van der Waals surface area contributed by atoms with Crippen LogP contribution in [0, 0.1) is 5.92 Å². The zero-order valence-electron chi connectivity index (χ0n) is 15.3. The average Bonchev–Trinajstić information content (AvgIpc) is 2.85. The van der Waals surface area contributed by atoms with Gasteiger partial charge in [-0.05, 0) is 75.9 Å². The summed E-state index contributed by atoms with van der Waals surface area (Å²) in [7, 11) is 0. The highest BCUT2D eigenvalue weighted by Gasteiger charge is 2.28. The van der Waals surface area contributed by atoms with E-state index in [9.17, 15) is 9.59 Å². The van der Waals surface area contributed by atoms with E-state index in [1.807, 2.05) is 24.8 Å². The fourth-order valence-electron chi connectivity index (χ4n) is 3.74. The number of benzene rings is 1. The Hall–Kier alpha value is -1.88. The molecule has 2 aliphatic heterocycles. The van der Waals surface area contributed by atoms with Crippen LogP contribution >= 0.6 is 0 Å². The smallest absolute Gasteiger partial charge is 0.253 e. The van der Waals surface area contributed by atoms with Gasteiger partial charge in [0.25, 0.3) is 5.91 Å². The molecule has 2 aliphatic rings. The molecular formula is C20H29N3O2. The van der Waals surface area contributed by atoms with Crippen molar-refractivity contribution in [2.24, 2.45) is 5.92 Å². The van der Waals surface area contributed by atoms with Gasteiger partial charge in [-0.3, -0.25) is 9.59 Å². The van der Waals surface area contributed by atoms with E-state index in [0.717, 1.165) is 44.3 Å². The number of fused-ring (bicyclic) bond motifs is 1. The van der Waals surface area contributed by atoms with Crippen LogP contribution in [0.5, 0.6) is 0 Å². The lowest BCUT2D eigenvalue weighted by molar-refractivity contribution is -0.126. The van der Waals surface area contributed by atoms with Crippen molar-refractivity contribution in [1.82, 2.24) is 15.5 Å². The number of nitrogens with one attached hydrogen (secondary N) is 2. The molecule has 25 heavy (non-hydrogen) atoms. The summed E-state index contributed by atoms with van der Waals surface area (Å²) in [6.07, 6.45) is 3.51. The van der Waals surface area contributed by atoms with Crippen LogP contribution in [0.3, 0.4) is 0 Å². The molecule has 0 atom stereocenters. The van der Waals surface area contributed by atoms with Crippen molar-refractivity contribution in [3.63, 3.8) is 0 Å². The maximum absolute atomic E-state index is 12.8. The topological polar surface area (TPSA) is 61.4 Å². The summed E-state index contributed by atoms with van der Waals surface area (Å²) >= 11 is 0. The number of hydrogen-bond acceptors (Lipinski definition) is 3. The van der Waals surface area contributed by atoms with Gasteiger partial charge in [0.15, 0.2) is 0 Å². The van der Waals surface area contributed by atoms with Crippen LogP contribution in [0.2, 0.25) is 0 Å². The first-order chi connectivity index (χ1) is 12.0. The van der Waals surface area contributed by atoms with Gasteiger partial charge < -0.3 is 15.5 Å². The highest BCUT2D eigenvalue weighted by Crippen LogP contribution is 2.21. The minimum atomic E-state index is 0.0320. The predicted molar refractivity (Wildman–Crippen MR) is 98.6 cm³/mol. The fourth-order valence-corrected chi connectivity index (χ4v) is 3.74. The number of nitrogens with zero attached hydrogens (tertiary/aromatic N) is 1. The predicted octanol–water partition coefficient (Wildman–Crippen LogP) is 1.75. The summed E-state index contributed by atoms with van der Waals surface area (Å²) in [5, 5.41) is 6.38. The molecule has 5 heteroatoms. The molecule has 2 heterocycles. The van der Waals surface area contributed by atoms with Crippen LogP contribution in [0.15, 0.2) is 18.2 Å². The van der Waals surface area contributed by atoms with Gasteiger partial charge in [-0.25, -0.2) is 0 Å². The molecule has 0 saturated carbocycles. The third-order valence-corrected chi connectivity index (χ3v) is 5.18. The summed E-state index contributed by atoms with van der Waals surface area (Å²) in [6.45, 7) is 7.25. The van der Waals surface area contributed by atoms with Gasteiger partial charge in [0.1, 0.15) is 0 Å². The second kappa shape index (κ2) is 8.00. The highest BCUT2D eigenvalue weighted by atomic mass is 16.2. The number of likely N-dealkylation sites (tertiary alicyclic amines) is 1. The van der Waals surface area contributed by atoms with Crippen LogP contribution < -0.4 is 10.6 Å². The lowest BCUT2D eigenvalue weighted by Gasteiger charge is -2.32. The van der Waals surface area contributed by atoms with Crippen molar-refractivity contribution in [1.29, 1.82) is 0 Å². The molecule has 5 nitrogen and oxygen atoms in total. The first-order valence-corrected chi connectivity index (χ1v) is 9.47. The molecule has 2 amide bonds. The molecule has 136 valence electrons. The number of hydrogen-bond donors (Lipinski definition) is 2. The first kappa shape index (κ1) is 17.9. The van der Waals surface area contributed by atoms with Crippen molar-refractivity contribution >= 4 is 11.8 Å². The normalized spacial score (nSPS) is 18.6. The molecule has 1 aromatic carbocycles. The molecule has 0 unspecified atom stereocenters. The Morgan fingerprint density at radius 3 is 2.48 bits per heavy atom. The van der Waals surface area contributed by atoms with Gasteiger partial charge in [0.2, 0.25) is 5.91 Å². The Morgan fingerprint density at radius 2 is 1.80 bits per heavy atom. The van der Waals surface area contributed by atoms with E-state index in [4.69, 9.17) is 0 Å². The third kappa shape index (κ3) is 4.40. The Bertz CT molecular complexity index is 634. The Morgan fingerprint density at radius 1 is 1.12 bits per heavy atom. The van der Waals surface area contributed by atoms with E-state index in [-0.39, 0.29) is 23.8 Å². The van der Waals surface area contributed by atoms with E-state index < -0.39 is 0 Å². The summed E-state index contributed by atoms with van der Waals surface area (Å²) in [5.41, 5.74) is 3.43. The zero-order chi connectivity index (χ0) is 17.8. The third-order valence-electron chi connectivity index (χ3n) is 5.18. The molecule has 0 bridgehead atoms. The van der Waals surface area contributed by atoms with Gasteiger partial charge in [0, 0.05) is 30.6 Å². The lowest BCUT2D eigenvalue weighted by Crippen LogP contribution is -2.44. The summed E-state index contributed by atoms with van der Waals surface area (Å²) in [5.74, 6) is 0.256. The molecule has 1 fully saturated rings. The van der Waals surface area contributed by atoms with Crippen LogP contribution in [0.4, 0.5) is 0 Å². The molecule has 3 rings (SSSR count). The quantitative estimate of drug-likeness (QED) is 0.879. The van der Waals surface area contributed by atoms with Crippen molar-refractivity contribution < 1.29 is 9.59 Å². The second-order valence-electron chi connectivity index (χ2n) is 7.46. The maximum atomic E-state index is 12.8. The van der Waals surface area contributed by atoms with Gasteiger partial charge in [-0.2, -0.15) is 0 Å². The first-order valence-electron chi connectivity index (χ1n) is 9.47. The van der Waals surface area contributed by atoms with E-state index in [2.05, 4.69) is 22.8 Å². The second-order valence-corrected chi connectivity index (χ2v) is 7.46. The van der Waals surface area contributed by atoms with Crippen LogP contribution in [-0.2, 0) is 17.6 Å². The number of carbonyl (C=O) groups excluding carboxylic acids is 2. The van der Waals surface area contributed by atoms with E-state index in [1.54, 1.807) is 0 Å². The largest absolute Gasteiger partial charge is 0.354 e. The van der Waals surface area contributed by atoms with Crippen molar-refractivity contribution in [3.05, 3.63) is 34.9 Å². The zero-order valence-corrected chi connectivity index (χ0v) is 15.3. The highest BCUT2D eigenvalue weighted by molar-refractivity contribution is 5.94. The lowest BCUT2D eigenvalue weighted by atomic mass is 9.94. The van der Waals surface area contributed by atoms with Gasteiger partial charge >= 0.3 is 0 Å². The standard InChI is InChI=1S/C20H29N3O2/c1-14(2)22-19(24)16-7-11-23(12-8-16)20(25)18-4-3-15-5-9-21-10-6-17(15)13-18/h3-4,13-14,16,21H,5-12H2,1-2H3,(H,22,24). The SMILES string of the molecule is CC(C)NC(=O)C1CCN(C(=O)c2ccc3c(c2)CCNCC3)CC1. The summed E-state index contributed by atoms with van der Waals surface area (Å²) in [6, 6.07) is 6.31. The van der Waals surface area contributed by atoms with E-state index in [1.165, 1.54) is 11.1 Å². The Balaban J connectivity index is 1.61. The molecule has 1 aromatic rings. The average molecular weight is 343 g/mol.